The van der Waals surface area contributed by atoms with Crippen molar-refractivity contribution in [1.82, 2.24) is 0 Å². The summed E-state index contributed by atoms with van der Waals surface area (Å²) < 4.78 is 0.982. The van der Waals surface area contributed by atoms with Crippen LogP contribution in [0.2, 0.25) is 0 Å². The van der Waals surface area contributed by atoms with Gasteiger partial charge in [-0.1, -0.05) is 22.4 Å². The van der Waals surface area contributed by atoms with Gasteiger partial charge in [0.05, 0.1) is 0 Å². The molecule has 2 fully saturated rings. The molecule has 2 unspecified atom stereocenters. The number of nitrogens with one attached hydrogen (secondary N) is 1. The van der Waals surface area contributed by atoms with Crippen LogP contribution in [0, 0.1) is 17.2 Å². The highest BCUT2D eigenvalue weighted by molar-refractivity contribution is 9.10. The van der Waals surface area contributed by atoms with Crippen molar-refractivity contribution in [3.05, 3.63) is 28.2 Å². The summed E-state index contributed by atoms with van der Waals surface area (Å²) in [6.07, 6.45) is 4.13. The maximum Gasteiger partial charge on any atom is 0.124 e. The van der Waals surface area contributed by atoms with Crippen molar-refractivity contribution in [1.29, 1.82) is 5.41 Å². The van der Waals surface area contributed by atoms with E-state index in [9.17, 15) is 0 Å². The van der Waals surface area contributed by atoms with Crippen molar-refractivity contribution in [3.63, 3.8) is 0 Å². The van der Waals surface area contributed by atoms with Gasteiger partial charge in [-0.2, -0.15) is 0 Å². The van der Waals surface area contributed by atoms with Gasteiger partial charge in [-0.15, -0.1) is 0 Å². The Balaban J connectivity index is 1.90. The van der Waals surface area contributed by atoms with Gasteiger partial charge in [0.2, 0.25) is 0 Å². The van der Waals surface area contributed by atoms with Crippen molar-refractivity contribution < 1.29 is 0 Å². The fraction of sp³-hybridized carbons (Fsp3) is 0.500. The number of hydrogen-bond donors (Lipinski definition) is 2. The summed E-state index contributed by atoms with van der Waals surface area (Å²) in [6, 6.07) is 6.07. The summed E-state index contributed by atoms with van der Waals surface area (Å²) in [6.45, 7) is 2.26. The summed E-state index contributed by atoms with van der Waals surface area (Å²) >= 11 is 3.45. The molecule has 0 bridgehead atoms. The molecule has 1 aromatic rings. The number of benzene rings is 1. The predicted octanol–water partition coefficient (Wildman–Crippen LogP) is 2.97. The van der Waals surface area contributed by atoms with Gasteiger partial charge in [-0.25, -0.2) is 0 Å². The fourth-order valence-electron chi connectivity index (χ4n) is 3.43. The van der Waals surface area contributed by atoms with Crippen molar-refractivity contribution in [2.24, 2.45) is 17.6 Å². The van der Waals surface area contributed by atoms with Crippen LogP contribution in [0.4, 0.5) is 5.69 Å². The summed E-state index contributed by atoms with van der Waals surface area (Å²) in [7, 11) is 0. The SMILES string of the molecule is N=C(N)c1cc(Br)ccc1N1CC2CCCC2C1. The van der Waals surface area contributed by atoms with Crippen LogP contribution in [-0.2, 0) is 0 Å². The molecular weight excluding hydrogens is 290 g/mol. The lowest BCUT2D eigenvalue weighted by molar-refractivity contribution is 0.494. The second-order valence-corrected chi connectivity index (χ2v) is 6.35. The molecule has 1 aromatic carbocycles. The van der Waals surface area contributed by atoms with E-state index in [2.05, 4.69) is 26.9 Å². The van der Waals surface area contributed by atoms with E-state index in [1.165, 1.54) is 19.3 Å². The predicted molar refractivity (Wildman–Crippen MR) is 78.2 cm³/mol. The Morgan fingerprint density at radius 2 is 1.94 bits per heavy atom. The standard InChI is InChI=1S/C14H18BrN3/c15-11-4-5-13(12(6-11)14(16)17)18-7-9-2-1-3-10(9)8-18/h4-6,9-10H,1-3,7-8H2,(H3,16,17). The van der Waals surface area contributed by atoms with Crippen LogP contribution in [0.5, 0.6) is 0 Å². The molecule has 3 rings (SSSR count). The van der Waals surface area contributed by atoms with Gasteiger partial charge in [-0.05, 0) is 42.9 Å². The van der Waals surface area contributed by atoms with Gasteiger partial charge in [0.25, 0.3) is 0 Å². The van der Waals surface area contributed by atoms with Gasteiger partial charge in [-0.3, -0.25) is 5.41 Å². The Kier molecular flexibility index (Phi) is 3.06. The molecule has 0 radical (unpaired) electrons. The number of anilines is 1. The highest BCUT2D eigenvalue weighted by Gasteiger charge is 2.36. The zero-order chi connectivity index (χ0) is 12.7. The zero-order valence-electron chi connectivity index (χ0n) is 10.3. The summed E-state index contributed by atoms with van der Waals surface area (Å²) in [5, 5.41) is 7.73. The van der Waals surface area contributed by atoms with Crippen LogP contribution >= 0.6 is 15.9 Å². The maximum absolute atomic E-state index is 7.73. The van der Waals surface area contributed by atoms with Crippen LogP contribution in [0.15, 0.2) is 22.7 Å². The molecule has 1 heterocycles. The minimum absolute atomic E-state index is 0.156. The molecule has 1 saturated carbocycles. The molecule has 18 heavy (non-hydrogen) atoms. The number of rotatable bonds is 2. The minimum Gasteiger partial charge on any atom is -0.384 e. The molecule has 3 nitrogen and oxygen atoms in total. The third-order valence-corrected chi connectivity index (χ3v) is 4.81. The largest absolute Gasteiger partial charge is 0.384 e. The zero-order valence-corrected chi connectivity index (χ0v) is 11.9. The first-order valence-electron chi connectivity index (χ1n) is 6.54. The maximum atomic E-state index is 7.73. The van der Waals surface area contributed by atoms with E-state index in [1.54, 1.807) is 0 Å². The first kappa shape index (κ1) is 12.0. The van der Waals surface area contributed by atoms with E-state index in [4.69, 9.17) is 11.1 Å². The average molecular weight is 308 g/mol. The molecule has 4 heteroatoms. The fourth-order valence-corrected chi connectivity index (χ4v) is 3.79. The Hall–Kier alpha value is -1.03. The number of nitrogens with two attached hydrogens (primary N) is 1. The quantitative estimate of drug-likeness (QED) is 0.652. The molecule has 96 valence electrons. The topological polar surface area (TPSA) is 53.1 Å². The number of fused-ring (bicyclic) bond motifs is 1. The Labute approximate surface area is 116 Å². The van der Waals surface area contributed by atoms with Crippen molar-refractivity contribution in [3.8, 4) is 0 Å². The number of nitrogen functional groups attached to an aromatic ring is 1. The summed E-state index contributed by atoms with van der Waals surface area (Å²) in [5.74, 6) is 1.87. The molecule has 1 aliphatic heterocycles. The van der Waals surface area contributed by atoms with Gasteiger partial charge in [0.15, 0.2) is 0 Å². The highest BCUT2D eigenvalue weighted by atomic mass is 79.9. The first-order chi connectivity index (χ1) is 8.65. The Morgan fingerprint density at radius 1 is 1.28 bits per heavy atom. The minimum atomic E-state index is 0.156. The van der Waals surface area contributed by atoms with E-state index in [0.717, 1.165) is 40.6 Å². The molecule has 2 atom stereocenters. The number of halogens is 1. The van der Waals surface area contributed by atoms with Crippen LogP contribution in [0.1, 0.15) is 24.8 Å². The number of hydrogen-bond acceptors (Lipinski definition) is 2. The third kappa shape index (κ3) is 2.03. The Bertz CT molecular complexity index is 474. The van der Waals surface area contributed by atoms with Gasteiger partial charge >= 0.3 is 0 Å². The smallest absolute Gasteiger partial charge is 0.124 e. The van der Waals surface area contributed by atoms with E-state index in [-0.39, 0.29) is 5.84 Å². The number of nitrogens with zero attached hydrogens (tertiary/aromatic N) is 1. The molecule has 2 aliphatic rings. The average Bonchev–Trinajstić information content (AvgIpc) is 2.88. The van der Waals surface area contributed by atoms with Gasteiger partial charge in [0.1, 0.15) is 5.84 Å². The van der Waals surface area contributed by atoms with E-state index >= 15 is 0 Å². The van der Waals surface area contributed by atoms with E-state index in [0.29, 0.717) is 0 Å². The van der Waals surface area contributed by atoms with Crippen molar-refractivity contribution >= 4 is 27.5 Å². The molecule has 1 aliphatic carbocycles. The van der Waals surface area contributed by atoms with E-state index < -0.39 is 0 Å². The normalized spacial score (nSPS) is 26.4. The lowest BCUT2D eigenvalue weighted by Crippen LogP contribution is -2.25. The second kappa shape index (κ2) is 4.57. The van der Waals surface area contributed by atoms with Crippen LogP contribution < -0.4 is 10.6 Å². The van der Waals surface area contributed by atoms with Crippen molar-refractivity contribution in [2.45, 2.75) is 19.3 Å². The molecule has 0 amide bonds. The molecule has 0 aromatic heterocycles. The van der Waals surface area contributed by atoms with Crippen LogP contribution in [-0.4, -0.2) is 18.9 Å². The summed E-state index contributed by atoms with van der Waals surface area (Å²) in [5.41, 5.74) is 7.68. The van der Waals surface area contributed by atoms with E-state index in [1.807, 2.05) is 12.1 Å². The lowest BCUT2D eigenvalue weighted by Gasteiger charge is -2.22. The monoisotopic (exact) mass is 307 g/mol. The Morgan fingerprint density at radius 3 is 2.56 bits per heavy atom. The van der Waals surface area contributed by atoms with Gasteiger partial charge in [0, 0.05) is 28.8 Å². The molecular formula is C14H18BrN3. The third-order valence-electron chi connectivity index (χ3n) is 4.32. The number of amidine groups is 1. The second-order valence-electron chi connectivity index (χ2n) is 5.43. The summed E-state index contributed by atoms with van der Waals surface area (Å²) in [4.78, 5) is 2.41. The molecule has 3 N–H and O–H groups in total. The highest BCUT2D eigenvalue weighted by Crippen LogP contribution is 2.40. The first-order valence-corrected chi connectivity index (χ1v) is 7.33. The lowest BCUT2D eigenvalue weighted by atomic mass is 10.0. The molecule has 0 spiro atoms. The van der Waals surface area contributed by atoms with Crippen LogP contribution in [0.3, 0.4) is 0 Å². The van der Waals surface area contributed by atoms with Crippen molar-refractivity contribution in [2.75, 3.05) is 18.0 Å². The van der Waals surface area contributed by atoms with Gasteiger partial charge < -0.3 is 10.6 Å². The molecule has 1 saturated heterocycles. The van der Waals surface area contributed by atoms with Crippen LogP contribution in [0.25, 0.3) is 0 Å².